The first-order chi connectivity index (χ1) is 9.68. The molecular weight excluding hydrogens is 282 g/mol. The van der Waals surface area contributed by atoms with E-state index in [1.54, 1.807) is 28.8 Å². The smallest absolute Gasteiger partial charge is 0.135 e. The van der Waals surface area contributed by atoms with E-state index in [9.17, 15) is 8.78 Å². The molecule has 0 bridgehead atoms. The van der Waals surface area contributed by atoms with E-state index in [2.05, 4.69) is 4.98 Å². The van der Waals surface area contributed by atoms with E-state index in [0.717, 1.165) is 0 Å². The molecule has 0 atom stereocenters. The largest absolute Gasteiger partial charge is 0.297 e. The maximum absolute atomic E-state index is 13.9. The third-order valence-electron chi connectivity index (χ3n) is 2.97. The van der Waals surface area contributed by atoms with Crippen molar-refractivity contribution in [3.63, 3.8) is 0 Å². The molecule has 0 saturated heterocycles. The van der Waals surface area contributed by atoms with Crippen LogP contribution in [0.4, 0.5) is 8.78 Å². The van der Waals surface area contributed by atoms with Gasteiger partial charge in [-0.3, -0.25) is 4.57 Å². The van der Waals surface area contributed by atoms with Crippen molar-refractivity contribution in [2.45, 2.75) is 0 Å². The van der Waals surface area contributed by atoms with Crippen molar-refractivity contribution >= 4 is 11.6 Å². The molecule has 0 N–H and O–H groups in total. The Bertz CT molecular complexity index is 748. The van der Waals surface area contributed by atoms with E-state index in [1.807, 2.05) is 0 Å². The Balaban J connectivity index is 2.24. The number of imidazole rings is 1. The molecule has 2 aromatic carbocycles. The summed E-state index contributed by atoms with van der Waals surface area (Å²) in [7, 11) is 0. The lowest BCUT2D eigenvalue weighted by Crippen LogP contribution is -1.99. The van der Waals surface area contributed by atoms with E-state index < -0.39 is 11.6 Å². The Morgan fingerprint density at radius 1 is 0.950 bits per heavy atom. The molecule has 0 spiro atoms. The van der Waals surface area contributed by atoms with E-state index in [-0.39, 0.29) is 5.56 Å². The van der Waals surface area contributed by atoms with Crippen LogP contribution >= 0.6 is 11.6 Å². The van der Waals surface area contributed by atoms with Crippen molar-refractivity contribution in [2.75, 3.05) is 0 Å². The maximum Gasteiger partial charge on any atom is 0.135 e. The van der Waals surface area contributed by atoms with Crippen LogP contribution in [0, 0.1) is 11.6 Å². The van der Waals surface area contributed by atoms with Gasteiger partial charge in [-0.25, -0.2) is 13.8 Å². The third kappa shape index (κ3) is 2.08. The first kappa shape index (κ1) is 12.8. The molecular formula is C15H9ClF2N2. The number of halogens is 3. The second-order valence-corrected chi connectivity index (χ2v) is 4.60. The summed E-state index contributed by atoms with van der Waals surface area (Å²) in [6.07, 6.45) is 2.88. The molecule has 0 unspecified atom stereocenters. The molecule has 1 heterocycles. The predicted octanol–water partition coefficient (Wildman–Crippen LogP) is 4.47. The molecule has 0 fully saturated rings. The average molecular weight is 291 g/mol. The average Bonchev–Trinajstić information content (AvgIpc) is 2.88. The summed E-state index contributed by atoms with van der Waals surface area (Å²) in [6, 6.07) is 10.8. The van der Waals surface area contributed by atoms with Gasteiger partial charge in [0.2, 0.25) is 0 Å². The SMILES string of the molecule is Fc1cccc(F)c1-c1cncn1-c1ccccc1Cl. The summed E-state index contributed by atoms with van der Waals surface area (Å²) >= 11 is 6.12. The second-order valence-electron chi connectivity index (χ2n) is 4.20. The Hall–Kier alpha value is -2.20. The fourth-order valence-corrected chi connectivity index (χ4v) is 2.29. The Labute approximate surface area is 119 Å². The molecule has 1 aromatic heterocycles. The van der Waals surface area contributed by atoms with E-state index in [1.165, 1.54) is 30.7 Å². The lowest BCUT2D eigenvalue weighted by atomic mass is 10.1. The van der Waals surface area contributed by atoms with Gasteiger partial charge in [0.05, 0.1) is 34.5 Å². The molecule has 20 heavy (non-hydrogen) atoms. The van der Waals surface area contributed by atoms with Crippen LogP contribution in [-0.4, -0.2) is 9.55 Å². The van der Waals surface area contributed by atoms with Gasteiger partial charge in [-0.15, -0.1) is 0 Å². The van der Waals surface area contributed by atoms with Gasteiger partial charge in [0.1, 0.15) is 11.6 Å². The van der Waals surface area contributed by atoms with Crippen molar-refractivity contribution < 1.29 is 8.78 Å². The van der Waals surface area contributed by atoms with E-state index in [0.29, 0.717) is 16.4 Å². The Morgan fingerprint density at radius 2 is 1.65 bits per heavy atom. The second kappa shape index (κ2) is 5.06. The molecule has 3 rings (SSSR count). The van der Waals surface area contributed by atoms with Gasteiger partial charge in [-0.05, 0) is 24.3 Å². The zero-order valence-corrected chi connectivity index (χ0v) is 11.0. The van der Waals surface area contributed by atoms with Crippen molar-refractivity contribution in [2.24, 2.45) is 0 Å². The number of rotatable bonds is 2. The van der Waals surface area contributed by atoms with Crippen LogP contribution < -0.4 is 0 Å². The fraction of sp³-hybridized carbons (Fsp3) is 0. The van der Waals surface area contributed by atoms with Gasteiger partial charge >= 0.3 is 0 Å². The van der Waals surface area contributed by atoms with Crippen LogP contribution in [0.1, 0.15) is 0 Å². The first-order valence-electron chi connectivity index (χ1n) is 5.90. The number of hydrogen-bond acceptors (Lipinski definition) is 1. The molecule has 3 aromatic rings. The Kier molecular flexibility index (Phi) is 3.24. The summed E-state index contributed by atoms with van der Waals surface area (Å²) in [5, 5.41) is 0.475. The first-order valence-corrected chi connectivity index (χ1v) is 6.28. The number of nitrogens with zero attached hydrogens (tertiary/aromatic N) is 2. The lowest BCUT2D eigenvalue weighted by molar-refractivity contribution is 0.588. The zero-order valence-electron chi connectivity index (χ0n) is 10.2. The summed E-state index contributed by atoms with van der Waals surface area (Å²) in [5.74, 6) is -1.28. The normalized spacial score (nSPS) is 10.8. The molecule has 0 aliphatic rings. The summed E-state index contributed by atoms with van der Waals surface area (Å²) in [6.45, 7) is 0. The van der Waals surface area contributed by atoms with Crippen molar-refractivity contribution in [1.82, 2.24) is 9.55 Å². The third-order valence-corrected chi connectivity index (χ3v) is 3.29. The molecule has 0 aliphatic heterocycles. The topological polar surface area (TPSA) is 17.8 Å². The summed E-state index contributed by atoms with van der Waals surface area (Å²) in [4.78, 5) is 3.97. The maximum atomic E-state index is 13.9. The van der Waals surface area contributed by atoms with Gasteiger partial charge in [-0.2, -0.15) is 0 Å². The minimum Gasteiger partial charge on any atom is -0.297 e. The molecule has 0 aliphatic carbocycles. The van der Waals surface area contributed by atoms with Gasteiger partial charge < -0.3 is 0 Å². The van der Waals surface area contributed by atoms with Crippen LogP contribution in [0.25, 0.3) is 16.9 Å². The highest BCUT2D eigenvalue weighted by molar-refractivity contribution is 6.32. The number of aromatic nitrogens is 2. The van der Waals surface area contributed by atoms with Crippen LogP contribution in [-0.2, 0) is 0 Å². The Morgan fingerprint density at radius 3 is 2.35 bits per heavy atom. The minimum absolute atomic E-state index is 0.120. The van der Waals surface area contributed by atoms with Crippen molar-refractivity contribution in [1.29, 1.82) is 0 Å². The molecule has 0 saturated carbocycles. The lowest BCUT2D eigenvalue weighted by Gasteiger charge is -2.11. The van der Waals surface area contributed by atoms with Crippen LogP contribution in [0.2, 0.25) is 5.02 Å². The molecule has 5 heteroatoms. The summed E-state index contributed by atoms with van der Waals surface area (Å²) < 4.78 is 29.4. The van der Waals surface area contributed by atoms with Gasteiger partial charge in [0, 0.05) is 0 Å². The van der Waals surface area contributed by atoms with Gasteiger partial charge in [0.15, 0.2) is 0 Å². The van der Waals surface area contributed by atoms with Crippen LogP contribution in [0.15, 0.2) is 55.0 Å². The van der Waals surface area contributed by atoms with Crippen molar-refractivity contribution in [3.05, 3.63) is 71.6 Å². The highest BCUT2D eigenvalue weighted by Crippen LogP contribution is 2.30. The minimum atomic E-state index is -0.640. The number of benzene rings is 2. The number of hydrogen-bond donors (Lipinski definition) is 0. The zero-order chi connectivity index (χ0) is 14.1. The van der Waals surface area contributed by atoms with Crippen molar-refractivity contribution in [3.8, 4) is 16.9 Å². The highest BCUT2D eigenvalue weighted by Gasteiger charge is 2.16. The standard InChI is InChI=1S/C15H9ClF2N2/c16-10-4-1-2-7-13(10)20-9-19-8-14(20)15-11(17)5-3-6-12(15)18/h1-9H. The summed E-state index contributed by atoms with van der Waals surface area (Å²) in [5.41, 5.74) is 0.808. The molecule has 2 nitrogen and oxygen atoms in total. The van der Waals surface area contributed by atoms with Crippen LogP contribution in [0.5, 0.6) is 0 Å². The quantitative estimate of drug-likeness (QED) is 0.681. The number of para-hydroxylation sites is 1. The van der Waals surface area contributed by atoms with E-state index in [4.69, 9.17) is 11.6 Å². The highest BCUT2D eigenvalue weighted by atomic mass is 35.5. The fourth-order valence-electron chi connectivity index (χ4n) is 2.06. The van der Waals surface area contributed by atoms with Gasteiger partial charge in [-0.1, -0.05) is 29.8 Å². The molecule has 100 valence electrons. The monoisotopic (exact) mass is 290 g/mol. The van der Waals surface area contributed by atoms with Gasteiger partial charge in [0.25, 0.3) is 0 Å². The van der Waals surface area contributed by atoms with Crippen LogP contribution in [0.3, 0.4) is 0 Å². The molecule has 0 radical (unpaired) electrons. The predicted molar refractivity (Wildman–Crippen MR) is 73.9 cm³/mol. The molecule has 0 amide bonds. The van der Waals surface area contributed by atoms with E-state index >= 15 is 0 Å².